The number of amides is 1. The number of halogens is 1. The van der Waals surface area contributed by atoms with Crippen molar-refractivity contribution >= 4 is 17.5 Å². The summed E-state index contributed by atoms with van der Waals surface area (Å²) in [6.45, 7) is 7.50. The second kappa shape index (κ2) is 7.09. The smallest absolute Gasteiger partial charge is 0.251 e. The predicted molar refractivity (Wildman–Crippen MR) is 83.2 cm³/mol. The van der Waals surface area contributed by atoms with E-state index in [-0.39, 0.29) is 5.91 Å². The Balaban J connectivity index is 1.77. The zero-order chi connectivity index (χ0) is 14.5. The molecule has 1 N–H and O–H groups in total. The molecule has 0 aliphatic carbocycles. The lowest BCUT2D eigenvalue weighted by Crippen LogP contribution is -2.41. The van der Waals surface area contributed by atoms with Crippen LogP contribution < -0.4 is 5.32 Å². The Bertz CT molecular complexity index is 454. The molecule has 4 heteroatoms. The van der Waals surface area contributed by atoms with Gasteiger partial charge < -0.3 is 10.2 Å². The Morgan fingerprint density at radius 3 is 2.70 bits per heavy atom. The summed E-state index contributed by atoms with van der Waals surface area (Å²) in [5.74, 6) is 0.562. The van der Waals surface area contributed by atoms with E-state index in [0.29, 0.717) is 22.5 Å². The number of carbonyl (C=O) groups is 1. The average molecular weight is 295 g/mol. The van der Waals surface area contributed by atoms with Crippen LogP contribution in [0.3, 0.4) is 0 Å². The fraction of sp³-hybridized carbons (Fsp3) is 0.562. The number of nitrogens with one attached hydrogen (secondary N) is 1. The molecular weight excluding hydrogens is 272 g/mol. The van der Waals surface area contributed by atoms with Crippen molar-refractivity contribution in [2.45, 2.75) is 32.7 Å². The first-order valence-electron chi connectivity index (χ1n) is 7.34. The zero-order valence-electron chi connectivity index (χ0n) is 12.2. The maximum absolute atomic E-state index is 12.0. The highest BCUT2D eigenvalue weighted by Crippen LogP contribution is 2.18. The van der Waals surface area contributed by atoms with Crippen molar-refractivity contribution in [1.29, 1.82) is 0 Å². The van der Waals surface area contributed by atoms with Crippen LogP contribution in [0, 0.1) is 5.92 Å². The minimum atomic E-state index is -0.0289. The van der Waals surface area contributed by atoms with Gasteiger partial charge in [0.1, 0.15) is 0 Å². The highest BCUT2D eigenvalue weighted by molar-refractivity contribution is 6.30. The van der Waals surface area contributed by atoms with Gasteiger partial charge in [0.15, 0.2) is 0 Å². The molecule has 0 unspecified atom stereocenters. The van der Waals surface area contributed by atoms with Gasteiger partial charge in [-0.15, -0.1) is 0 Å². The molecule has 20 heavy (non-hydrogen) atoms. The molecule has 0 atom stereocenters. The molecule has 110 valence electrons. The molecular formula is C16H23ClN2O. The van der Waals surface area contributed by atoms with Crippen LogP contribution in [-0.4, -0.2) is 36.5 Å². The second-order valence-corrected chi connectivity index (χ2v) is 6.23. The van der Waals surface area contributed by atoms with E-state index in [9.17, 15) is 4.79 Å². The number of nitrogens with zero attached hydrogens (tertiary/aromatic N) is 1. The maximum Gasteiger partial charge on any atom is 0.251 e. The fourth-order valence-electron chi connectivity index (χ4n) is 2.64. The third-order valence-electron chi connectivity index (χ3n) is 4.02. The SMILES string of the molecule is CC(C)N1CCC(CNC(=O)c2cccc(Cl)c2)CC1. The summed E-state index contributed by atoms with van der Waals surface area (Å²) >= 11 is 5.90. The average Bonchev–Trinajstić information content (AvgIpc) is 2.45. The number of likely N-dealkylation sites (tertiary alicyclic amines) is 1. The van der Waals surface area contributed by atoms with Crippen LogP contribution >= 0.6 is 11.6 Å². The number of rotatable bonds is 4. The van der Waals surface area contributed by atoms with Crippen LogP contribution in [0.4, 0.5) is 0 Å². The quantitative estimate of drug-likeness (QED) is 0.925. The van der Waals surface area contributed by atoms with Gasteiger partial charge in [-0.1, -0.05) is 17.7 Å². The van der Waals surface area contributed by atoms with E-state index < -0.39 is 0 Å². The van der Waals surface area contributed by atoms with Crippen LogP contribution in [0.2, 0.25) is 5.02 Å². The van der Waals surface area contributed by atoms with E-state index in [1.54, 1.807) is 24.3 Å². The van der Waals surface area contributed by atoms with Gasteiger partial charge in [0.2, 0.25) is 0 Å². The van der Waals surface area contributed by atoms with E-state index in [0.717, 1.165) is 32.5 Å². The van der Waals surface area contributed by atoms with E-state index in [1.165, 1.54) is 0 Å². The topological polar surface area (TPSA) is 32.3 Å². The summed E-state index contributed by atoms with van der Waals surface area (Å²) in [4.78, 5) is 14.5. The van der Waals surface area contributed by atoms with Crippen molar-refractivity contribution in [3.8, 4) is 0 Å². The summed E-state index contributed by atoms with van der Waals surface area (Å²) in [5, 5.41) is 3.62. The van der Waals surface area contributed by atoms with Gasteiger partial charge in [-0.3, -0.25) is 4.79 Å². The van der Waals surface area contributed by atoms with Crippen molar-refractivity contribution in [3.05, 3.63) is 34.9 Å². The molecule has 1 aromatic rings. The fourth-order valence-corrected chi connectivity index (χ4v) is 2.83. The minimum Gasteiger partial charge on any atom is -0.352 e. The molecule has 0 radical (unpaired) electrons. The van der Waals surface area contributed by atoms with E-state index in [1.807, 2.05) is 0 Å². The van der Waals surface area contributed by atoms with Gasteiger partial charge in [-0.25, -0.2) is 0 Å². The Kier molecular flexibility index (Phi) is 5.44. The Morgan fingerprint density at radius 1 is 1.40 bits per heavy atom. The van der Waals surface area contributed by atoms with E-state index in [4.69, 9.17) is 11.6 Å². The molecule has 3 nitrogen and oxygen atoms in total. The Morgan fingerprint density at radius 2 is 2.10 bits per heavy atom. The molecule has 1 amide bonds. The number of piperidine rings is 1. The van der Waals surface area contributed by atoms with Gasteiger partial charge >= 0.3 is 0 Å². The summed E-state index contributed by atoms with van der Waals surface area (Å²) in [6.07, 6.45) is 2.32. The molecule has 1 aromatic carbocycles. The first kappa shape index (κ1) is 15.3. The summed E-state index contributed by atoms with van der Waals surface area (Å²) in [7, 11) is 0. The molecule has 1 aliphatic heterocycles. The Labute approximate surface area is 126 Å². The standard InChI is InChI=1S/C16H23ClN2O/c1-12(2)19-8-6-13(7-9-19)11-18-16(20)14-4-3-5-15(17)10-14/h3-5,10,12-13H,6-9,11H2,1-2H3,(H,18,20). The summed E-state index contributed by atoms with van der Waals surface area (Å²) < 4.78 is 0. The molecule has 1 heterocycles. The van der Waals surface area contributed by atoms with Gasteiger partial charge in [0, 0.05) is 23.2 Å². The first-order chi connectivity index (χ1) is 9.56. The van der Waals surface area contributed by atoms with Crippen molar-refractivity contribution in [2.75, 3.05) is 19.6 Å². The molecule has 0 bridgehead atoms. The first-order valence-corrected chi connectivity index (χ1v) is 7.72. The van der Waals surface area contributed by atoms with Crippen LogP contribution in [-0.2, 0) is 0 Å². The molecule has 0 spiro atoms. The van der Waals surface area contributed by atoms with Crippen molar-refractivity contribution < 1.29 is 4.79 Å². The molecule has 1 fully saturated rings. The highest BCUT2D eigenvalue weighted by Gasteiger charge is 2.21. The number of carbonyl (C=O) groups excluding carboxylic acids is 1. The Hall–Kier alpha value is -1.06. The van der Waals surface area contributed by atoms with Gasteiger partial charge in [-0.05, 0) is 63.9 Å². The van der Waals surface area contributed by atoms with Crippen LogP contribution in [0.15, 0.2) is 24.3 Å². The van der Waals surface area contributed by atoms with Crippen LogP contribution in [0.1, 0.15) is 37.0 Å². The third-order valence-corrected chi connectivity index (χ3v) is 4.25. The molecule has 0 saturated carbocycles. The molecule has 1 saturated heterocycles. The normalized spacial score (nSPS) is 17.4. The van der Waals surface area contributed by atoms with Crippen molar-refractivity contribution in [3.63, 3.8) is 0 Å². The van der Waals surface area contributed by atoms with Gasteiger partial charge in [-0.2, -0.15) is 0 Å². The zero-order valence-corrected chi connectivity index (χ0v) is 13.0. The number of benzene rings is 1. The monoisotopic (exact) mass is 294 g/mol. The lowest BCUT2D eigenvalue weighted by atomic mass is 9.96. The third kappa shape index (κ3) is 4.22. The largest absolute Gasteiger partial charge is 0.352 e. The van der Waals surface area contributed by atoms with Crippen LogP contribution in [0.5, 0.6) is 0 Å². The van der Waals surface area contributed by atoms with E-state index in [2.05, 4.69) is 24.1 Å². The van der Waals surface area contributed by atoms with E-state index >= 15 is 0 Å². The molecule has 0 aromatic heterocycles. The molecule has 1 aliphatic rings. The van der Waals surface area contributed by atoms with Crippen molar-refractivity contribution in [1.82, 2.24) is 10.2 Å². The highest BCUT2D eigenvalue weighted by atomic mass is 35.5. The predicted octanol–water partition coefficient (Wildman–Crippen LogP) is 3.19. The molecule has 2 rings (SSSR count). The lowest BCUT2D eigenvalue weighted by Gasteiger charge is -2.34. The second-order valence-electron chi connectivity index (χ2n) is 5.79. The number of hydrogen-bond acceptors (Lipinski definition) is 2. The van der Waals surface area contributed by atoms with Gasteiger partial charge in [0.05, 0.1) is 0 Å². The van der Waals surface area contributed by atoms with Crippen LogP contribution in [0.25, 0.3) is 0 Å². The lowest BCUT2D eigenvalue weighted by molar-refractivity contribution is 0.0929. The maximum atomic E-state index is 12.0. The van der Waals surface area contributed by atoms with Gasteiger partial charge in [0.25, 0.3) is 5.91 Å². The minimum absolute atomic E-state index is 0.0289. The summed E-state index contributed by atoms with van der Waals surface area (Å²) in [5.41, 5.74) is 0.636. The summed E-state index contributed by atoms with van der Waals surface area (Å²) in [6, 6.07) is 7.70. The number of hydrogen-bond donors (Lipinski definition) is 1. The van der Waals surface area contributed by atoms with Crippen molar-refractivity contribution in [2.24, 2.45) is 5.92 Å².